The van der Waals surface area contributed by atoms with Crippen LogP contribution in [0.15, 0.2) is 12.3 Å². The minimum absolute atomic E-state index is 0.102. The molecule has 3 rings (SSSR count). The summed E-state index contributed by atoms with van der Waals surface area (Å²) >= 11 is 0. The van der Waals surface area contributed by atoms with E-state index in [0.29, 0.717) is 12.1 Å². The third-order valence-corrected chi connectivity index (χ3v) is 6.71. The zero-order chi connectivity index (χ0) is 21.4. The molecule has 0 bridgehead atoms. The first-order chi connectivity index (χ1) is 13.4. The van der Waals surface area contributed by atoms with Gasteiger partial charge in [-0.15, -0.1) is 0 Å². The highest BCUT2D eigenvalue weighted by atomic mass is 19.3. The average Bonchev–Trinajstić information content (AvgIpc) is 3.20. The van der Waals surface area contributed by atoms with E-state index in [1.54, 1.807) is 19.3 Å². The van der Waals surface area contributed by atoms with Gasteiger partial charge in [0.05, 0.1) is 17.5 Å². The van der Waals surface area contributed by atoms with Crippen LogP contribution in [0.5, 0.6) is 0 Å². The van der Waals surface area contributed by atoms with Gasteiger partial charge in [-0.05, 0) is 30.7 Å². The molecule has 0 unspecified atom stereocenters. The minimum atomic E-state index is -3.00. The Balaban J connectivity index is 1.68. The van der Waals surface area contributed by atoms with Gasteiger partial charge in [-0.1, -0.05) is 26.7 Å². The van der Waals surface area contributed by atoms with Gasteiger partial charge >= 0.3 is 0 Å². The molecule has 0 spiro atoms. The van der Waals surface area contributed by atoms with Gasteiger partial charge in [-0.25, -0.2) is 8.78 Å². The third-order valence-electron chi connectivity index (χ3n) is 6.71. The number of aromatic nitrogens is 2. The molecule has 0 radical (unpaired) electrons. The van der Waals surface area contributed by atoms with Crippen LogP contribution in [0, 0.1) is 16.7 Å². The summed E-state index contributed by atoms with van der Waals surface area (Å²) < 4.78 is 29.0. The van der Waals surface area contributed by atoms with Crippen LogP contribution in [0.1, 0.15) is 70.9 Å². The summed E-state index contributed by atoms with van der Waals surface area (Å²) in [5.41, 5.74) is -1.04. The van der Waals surface area contributed by atoms with Crippen molar-refractivity contribution in [1.82, 2.24) is 9.78 Å². The molecule has 2 aliphatic rings. The predicted octanol–water partition coefficient (Wildman–Crippen LogP) is 4.08. The Morgan fingerprint density at radius 3 is 2.34 bits per heavy atom. The summed E-state index contributed by atoms with van der Waals surface area (Å²) in [7, 11) is 1.69. The van der Waals surface area contributed by atoms with Crippen molar-refractivity contribution < 1.29 is 23.2 Å². The second-order valence-corrected chi connectivity index (χ2v) is 9.67. The number of carbonyl (C=O) groups is 3. The van der Waals surface area contributed by atoms with E-state index in [1.807, 2.05) is 6.92 Å². The van der Waals surface area contributed by atoms with Crippen molar-refractivity contribution in [3.8, 4) is 0 Å². The molecule has 0 amide bonds. The van der Waals surface area contributed by atoms with E-state index in [1.165, 1.54) is 4.68 Å². The van der Waals surface area contributed by atoms with E-state index < -0.39 is 35.7 Å². The van der Waals surface area contributed by atoms with Crippen LogP contribution < -0.4 is 0 Å². The minimum Gasteiger partial charge on any atom is -0.299 e. The lowest BCUT2D eigenvalue weighted by molar-refractivity contribution is -0.182. The van der Waals surface area contributed by atoms with Crippen LogP contribution in [0.25, 0.3) is 0 Å². The van der Waals surface area contributed by atoms with Crippen molar-refractivity contribution in [2.75, 3.05) is 0 Å². The molecule has 1 aromatic heterocycles. The van der Waals surface area contributed by atoms with Gasteiger partial charge in [-0.3, -0.25) is 19.1 Å². The van der Waals surface area contributed by atoms with Gasteiger partial charge in [0.2, 0.25) is 17.5 Å². The van der Waals surface area contributed by atoms with Crippen LogP contribution in [-0.4, -0.2) is 33.1 Å². The Morgan fingerprint density at radius 2 is 1.83 bits per heavy atom. The maximum atomic E-state index is 13.7. The average molecular weight is 408 g/mol. The molecule has 0 aromatic carbocycles. The van der Waals surface area contributed by atoms with Gasteiger partial charge in [0, 0.05) is 38.4 Å². The molecule has 29 heavy (non-hydrogen) atoms. The summed E-state index contributed by atoms with van der Waals surface area (Å²) in [5.74, 6) is -5.08. The number of aryl methyl sites for hydroxylation is 1. The first kappa shape index (κ1) is 21.8. The first-order valence-electron chi connectivity index (χ1n) is 10.4. The van der Waals surface area contributed by atoms with Crippen molar-refractivity contribution in [3.63, 3.8) is 0 Å². The lowest BCUT2D eigenvalue weighted by atomic mass is 9.59. The summed E-state index contributed by atoms with van der Waals surface area (Å²) in [6.07, 6.45) is 4.84. The summed E-state index contributed by atoms with van der Waals surface area (Å²) in [5, 5.41) is 4.07. The van der Waals surface area contributed by atoms with Crippen molar-refractivity contribution in [3.05, 3.63) is 18.0 Å². The van der Waals surface area contributed by atoms with Crippen LogP contribution in [-0.2, 0) is 27.9 Å². The van der Waals surface area contributed by atoms with E-state index in [2.05, 4.69) is 12.0 Å². The Hall–Kier alpha value is -1.92. The maximum Gasteiger partial charge on any atom is 0.250 e. The highest BCUT2D eigenvalue weighted by molar-refractivity contribution is 6.40. The topological polar surface area (TPSA) is 69.0 Å². The molecule has 1 atom stereocenters. The van der Waals surface area contributed by atoms with Crippen molar-refractivity contribution in [2.45, 2.75) is 77.6 Å². The fourth-order valence-electron chi connectivity index (χ4n) is 5.20. The van der Waals surface area contributed by atoms with Crippen molar-refractivity contribution >= 4 is 17.3 Å². The Bertz CT molecular complexity index is 801. The Morgan fingerprint density at radius 1 is 1.21 bits per heavy atom. The summed E-state index contributed by atoms with van der Waals surface area (Å²) in [4.78, 5) is 38.2. The fraction of sp³-hybridized carbons (Fsp3) is 0.727. The highest BCUT2D eigenvalue weighted by Crippen LogP contribution is 2.55. The number of hydrogen-bond donors (Lipinski definition) is 0. The van der Waals surface area contributed by atoms with Crippen LogP contribution in [0.4, 0.5) is 8.78 Å². The molecule has 0 aliphatic heterocycles. The molecule has 5 nitrogen and oxygen atoms in total. The molecule has 2 fully saturated rings. The van der Waals surface area contributed by atoms with Gasteiger partial charge in [0.25, 0.3) is 0 Å². The standard InChI is InChI=1S/C22H30F2N2O3/c1-15(11-20(2)7-4-5-8-20)18(28)12-21(13-22(23,24)14-21)19(29)17(27)10-16-6-9-26(3)25-16/h6,9,15H,4-5,7-8,10-14H2,1-3H3/t15-/m0/s1. The van der Waals surface area contributed by atoms with E-state index in [0.717, 1.165) is 25.7 Å². The van der Waals surface area contributed by atoms with Gasteiger partial charge in [0.1, 0.15) is 5.78 Å². The number of alkyl halides is 2. The molecular formula is C22H30F2N2O3. The molecule has 0 N–H and O–H groups in total. The number of Topliss-reactive ketones (excluding diaryl/α,β-unsaturated/α-hetero) is 3. The normalized spacial score (nSPS) is 22.7. The zero-order valence-electron chi connectivity index (χ0n) is 17.5. The summed E-state index contributed by atoms with van der Waals surface area (Å²) in [6, 6.07) is 1.61. The van der Waals surface area contributed by atoms with Crippen LogP contribution in [0.2, 0.25) is 0 Å². The molecule has 7 heteroatoms. The Labute approximate surface area is 170 Å². The zero-order valence-corrected chi connectivity index (χ0v) is 17.5. The monoisotopic (exact) mass is 408 g/mol. The molecule has 160 valence electrons. The molecule has 0 saturated heterocycles. The number of halogens is 2. The predicted molar refractivity (Wildman–Crippen MR) is 104 cm³/mol. The van der Waals surface area contributed by atoms with Crippen molar-refractivity contribution in [2.24, 2.45) is 23.8 Å². The lowest BCUT2D eigenvalue weighted by Crippen LogP contribution is -2.54. The first-order valence-corrected chi connectivity index (χ1v) is 10.4. The van der Waals surface area contributed by atoms with Gasteiger partial charge in [0.15, 0.2) is 0 Å². The quantitative estimate of drug-likeness (QED) is 0.578. The van der Waals surface area contributed by atoms with Gasteiger partial charge < -0.3 is 0 Å². The van der Waals surface area contributed by atoms with Crippen molar-refractivity contribution in [1.29, 1.82) is 0 Å². The smallest absolute Gasteiger partial charge is 0.250 e. The van der Waals surface area contributed by atoms with Crippen LogP contribution in [0.3, 0.4) is 0 Å². The number of nitrogens with zero attached hydrogens (tertiary/aromatic N) is 2. The lowest BCUT2D eigenvalue weighted by Gasteiger charge is -2.45. The molecule has 1 aromatic rings. The molecule has 2 aliphatic carbocycles. The molecule has 1 heterocycles. The fourth-order valence-corrected chi connectivity index (χ4v) is 5.20. The Kier molecular flexibility index (Phi) is 5.80. The van der Waals surface area contributed by atoms with E-state index in [-0.39, 0.29) is 30.0 Å². The second kappa shape index (κ2) is 7.73. The number of hydrogen-bond acceptors (Lipinski definition) is 4. The van der Waals surface area contributed by atoms with E-state index in [9.17, 15) is 23.2 Å². The number of rotatable bonds is 9. The third kappa shape index (κ3) is 4.81. The number of ketones is 3. The van der Waals surface area contributed by atoms with E-state index in [4.69, 9.17) is 0 Å². The SMILES string of the molecule is C[C@@H](CC1(C)CCCC1)C(=O)CC1(C(=O)C(=O)Cc2ccn(C)n2)CC(F)(F)C1. The largest absolute Gasteiger partial charge is 0.299 e. The molecular weight excluding hydrogens is 378 g/mol. The van der Waals surface area contributed by atoms with E-state index >= 15 is 0 Å². The van der Waals surface area contributed by atoms with Gasteiger partial charge in [-0.2, -0.15) is 5.10 Å². The number of carbonyl (C=O) groups excluding carboxylic acids is 3. The summed E-state index contributed by atoms with van der Waals surface area (Å²) in [6.45, 7) is 3.98. The highest BCUT2D eigenvalue weighted by Gasteiger charge is 2.62. The second-order valence-electron chi connectivity index (χ2n) is 9.67. The van der Waals surface area contributed by atoms with Crippen LogP contribution >= 0.6 is 0 Å². The maximum absolute atomic E-state index is 13.7. The molecule has 2 saturated carbocycles.